The van der Waals surface area contributed by atoms with Gasteiger partial charge in [-0.3, -0.25) is 9.59 Å². The van der Waals surface area contributed by atoms with Crippen LogP contribution in [-0.2, 0) is 16.4 Å². The lowest BCUT2D eigenvalue weighted by atomic mass is 9.98. The monoisotopic (exact) mass is 660 g/mol. The molecule has 0 saturated heterocycles. The van der Waals surface area contributed by atoms with E-state index in [-0.39, 0.29) is 17.0 Å². The first kappa shape index (κ1) is 35.9. The van der Waals surface area contributed by atoms with E-state index >= 15 is 0 Å². The Morgan fingerprint density at radius 3 is 2.02 bits per heavy atom. The number of ketones is 1. The lowest BCUT2D eigenvalue weighted by Gasteiger charge is -2.21. The number of unbranched alkanes of at least 4 members (excludes halogenated alkanes) is 3. The zero-order valence-electron chi connectivity index (χ0n) is 28.2. The Balaban J connectivity index is 1.57. The van der Waals surface area contributed by atoms with Gasteiger partial charge in [0.2, 0.25) is 10.0 Å². The molecule has 1 heterocycles. The summed E-state index contributed by atoms with van der Waals surface area (Å²) < 4.78 is 38.8. The van der Waals surface area contributed by atoms with Crippen LogP contribution in [0.4, 0.5) is 5.69 Å². The van der Waals surface area contributed by atoms with Crippen molar-refractivity contribution in [1.82, 2.24) is 4.90 Å². The average Bonchev–Trinajstić information content (AvgIpc) is 3.43. The molecule has 47 heavy (non-hydrogen) atoms. The third kappa shape index (κ3) is 9.55. The Bertz CT molecular complexity index is 1710. The maximum atomic E-state index is 14.1. The number of hydrogen-bond acceptors (Lipinski definition) is 7. The predicted octanol–water partition coefficient (Wildman–Crippen LogP) is 8.28. The number of carbonyl (C=O) groups excluding carboxylic acids is 2. The molecule has 4 aromatic rings. The Morgan fingerprint density at radius 2 is 1.40 bits per heavy atom. The average molecular weight is 661 g/mol. The lowest BCUT2D eigenvalue weighted by Crippen LogP contribution is -2.36. The Labute approximate surface area is 279 Å². The first-order valence-electron chi connectivity index (χ1n) is 16.8. The molecule has 9 heteroatoms. The number of ether oxygens (including phenoxy) is 1. The highest BCUT2D eigenvalue weighted by molar-refractivity contribution is 7.92. The molecule has 1 aromatic heterocycles. The molecule has 0 N–H and O–H groups in total. The van der Waals surface area contributed by atoms with Gasteiger partial charge in [0.05, 0.1) is 24.1 Å². The van der Waals surface area contributed by atoms with Gasteiger partial charge in [-0.2, -0.15) is 0 Å². The number of nitrogens with zero attached hydrogens (tertiary/aromatic N) is 2. The summed E-state index contributed by atoms with van der Waals surface area (Å²) in [4.78, 5) is 30.0. The van der Waals surface area contributed by atoms with Crippen LogP contribution < -0.4 is 9.04 Å². The molecule has 0 spiro atoms. The van der Waals surface area contributed by atoms with Crippen LogP contribution in [0.25, 0.3) is 11.0 Å². The zero-order valence-corrected chi connectivity index (χ0v) is 29.0. The molecule has 3 aromatic carbocycles. The fraction of sp³-hybridized carbons (Fsp3) is 0.421. The summed E-state index contributed by atoms with van der Waals surface area (Å²) in [5.41, 5.74) is 1.67. The fourth-order valence-corrected chi connectivity index (χ4v) is 6.51. The van der Waals surface area contributed by atoms with E-state index < -0.39 is 15.9 Å². The van der Waals surface area contributed by atoms with E-state index in [1.165, 1.54) is 31.7 Å². The van der Waals surface area contributed by atoms with Crippen molar-refractivity contribution in [3.63, 3.8) is 0 Å². The maximum Gasteiger partial charge on any atom is 0.272 e. The number of benzene rings is 3. The molecule has 0 aliphatic heterocycles. The highest BCUT2D eigenvalue weighted by Gasteiger charge is 2.29. The van der Waals surface area contributed by atoms with E-state index in [4.69, 9.17) is 9.15 Å². The molecule has 0 fully saturated rings. The van der Waals surface area contributed by atoms with E-state index in [1.807, 2.05) is 12.1 Å². The van der Waals surface area contributed by atoms with Crippen LogP contribution in [0.3, 0.4) is 0 Å². The molecule has 0 radical (unpaired) electrons. The molecule has 0 aliphatic carbocycles. The van der Waals surface area contributed by atoms with E-state index in [9.17, 15) is 18.0 Å². The summed E-state index contributed by atoms with van der Waals surface area (Å²) >= 11 is 0. The SMILES string of the molecule is CCCCc1oc2ccc(N(C(=O)c3ccccc3)S(C)(=O)=O)cc2c1C(=O)c1ccc(OCCCN(CCCC)CCCC)cc1. The van der Waals surface area contributed by atoms with E-state index in [0.717, 1.165) is 49.5 Å². The van der Waals surface area contributed by atoms with Crippen molar-refractivity contribution >= 4 is 38.4 Å². The van der Waals surface area contributed by atoms with Crippen molar-refractivity contribution in [2.45, 2.75) is 72.1 Å². The Hall–Kier alpha value is -3.95. The van der Waals surface area contributed by atoms with Crippen molar-refractivity contribution in [3.05, 3.63) is 95.2 Å². The van der Waals surface area contributed by atoms with Gasteiger partial charge in [-0.05, 0) is 93.4 Å². The van der Waals surface area contributed by atoms with Gasteiger partial charge in [0.1, 0.15) is 17.1 Å². The van der Waals surface area contributed by atoms with E-state index in [1.54, 1.807) is 54.6 Å². The van der Waals surface area contributed by atoms with Crippen LogP contribution >= 0.6 is 0 Å². The second-order valence-corrected chi connectivity index (χ2v) is 13.8. The highest BCUT2D eigenvalue weighted by Crippen LogP contribution is 2.34. The third-order valence-corrected chi connectivity index (χ3v) is 9.20. The summed E-state index contributed by atoms with van der Waals surface area (Å²) in [6.07, 6.45) is 8.97. The first-order valence-corrected chi connectivity index (χ1v) is 18.7. The minimum absolute atomic E-state index is 0.137. The Kier molecular flexibility index (Phi) is 13.2. The first-order chi connectivity index (χ1) is 22.7. The summed E-state index contributed by atoms with van der Waals surface area (Å²) in [6, 6.07) is 20.1. The van der Waals surface area contributed by atoms with Crippen molar-refractivity contribution in [3.8, 4) is 5.75 Å². The summed E-state index contributed by atoms with van der Waals surface area (Å²) in [5.74, 6) is 0.325. The molecule has 252 valence electrons. The van der Waals surface area contributed by atoms with Gasteiger partial charge in [0.15, 0.2) is 5.78 Å². The molecule has 0 bridgehead atoms. The molecule has 0 atom stereocenters. The maximum absolute atomic E-state index is 14.1. The minimum atomic E-state index is -4.00. The summed E-state index contributed by atoms with van der Waals surface area (Å²) in [6.45, 7) is 10.3. The number of hydrogen-bond donors (Lipinski definition) is 0. The van der Waals surface area contributed by atoms with Gasteiger partial charge in [-0.1, -0.05) is 58.2 Å². The van der Waals surface area contributed by atoms with Gasteiger partial charge in [0, 0.05) is 29.5 Å². The number of amides is 1. The van der Waals surface area contributed by atoms with Crippen LogP contribution in [0.1, 0.15) is 97.8 Å². The van der Waals surface area contributed by atoms with Gasteiger partial charge in [0.25, 0.3) is 5.91 Å². The minimum Gasteiger partial charge on any atom is -0.494 e. The van der Waals surface area contributed by atoms with Crippen molar-refractivity contribution in [1.29, 1.82) is 0 Å². The molecule has 1 amide bonds. The van der Waals surface area contributed by atoms with E-state index in [0.29, 0.717) is 46.6 Å². The molecule has 0 saturated carbocycles. The molecule has 0 aliphatic rings. The van der Waals surface area contributed by atoms with Gasteiger partial charge in [-0.25, -0.2) is 12.7 Å². The quantitative estimate of drug-likeness (QED) is 0.0738. The van der Waals surface area contributed by atoms with Crippen LogP contribution in [0.2, 0.25) is 0 Å². The second kappa shape index (κ2) is 17.3. The van der Waals surface area contributed by atoms with E-state index in [2.05, 4.69) is 25.7 Å². The highest BCUT2D eigenvalue weighted by atomic mass is 32.2. The number of fused-ring (bicyclic) bond motifs is 1. The number of rotatable bonds is 19. The van der Waals surface area contributed by atoms with Gasteiger partial charge < -0.3 is 14.1 Å². The number of aryl methyl sites for hydroxylation is 1. The van der Waals surface area contributed by atoms with Crippen molar-refractivity contribution < 1.29 is 27.2 Å². The lowest BCUT2D eigenvalue weighted by molar-refractivity contribution is 0.100. The molecule has 0 unspecified atom stereocenters. The molecular formula is C38H48N2O6S. The Morgan fingerprint density at radius 1 is 0.766 bits per heavy atom. The topological polar surface area (TPSA) is 97.1 Å². The summed E-state index contributed by atoms with van der Waals surface area (Å²) in [5, 5.41) is 0.462. The number of furan rings is 1. The second-order valence-electron chi connectivity index (χ2n) is 12.0. The largest absolute Gasteiger partial charge is 0.494 e. The standard InChI is InChI=1S/C38H48N2O6S/c1-5-8-17-35-36(37(41)29-18-21-32(22-19-29)45-27-14-26-39(24-9-6-2)25-10-7-3)33-28-31(20-23-34(33)46-35)40(47(4,43)44)38(42)30-15-12-11-13-16-30/h11-13,15-16,18-23,28H,5-10,14,17,24-27H2,1-4H3. The number of carbonyl (C=O) groups is 2. The van der Waals surface area contributed by atoms with Crippen LogP contribution in [0.5, 0.6) is 5.75 Å². The number of anilines is 1. The zero-order chi connectivity index (χ0) is 33.8. The molecular weight excluding hydrogens is 612 g/mol. The van der Waals surface area contributed by atoms with Gasteiger partial charge in [-0.15, -0.1) is 0 Å². The predicted molar refractivity (Wildman–Crippen MR) is 189 cm³/mol. The molecule has 4 rings (SSSR count). The van der Waals surface area contributed by atoms with Crippen LogP contribution in [0.15, 0.2) is 77.2 Å². The van der Waals surface area contributed by atoms with Crippen molar-refractivity contribution in [2.24, 2.45) is 0 Å². The van der Waals surface area contributed by atoms with Crippen molar-refractivity contribution in [2.75, 3.05) is 36.8 Å². The van der Waals surface area contributed by atoms with Crippen LogP contribution in [0, 0.1) is 0 Å². The third-order valence-electron chi connectivity index (χ3n) is 8.16. The molecule has 8 nitrogen and oxygen atoms in total. The van der Waals surface area contributed by atoms with Gasteiger partial charge >= 0.3 is 0 Å². The number of sulfonamides is 1. The van der Waals surface area contributed by atoms with Crippen LogP contribution in [-0.4, -0.2) is 57.5 Å². The summed E-state index contributed by atoms with van der Waals surface area (Å²) in [7, 11) is -4.00. The fourth-order valence-electron chi connectivity index (χ4n) is 5.61. The smallest absolute Gasteiger partial charge is 0.272 e. The normalized spacial score (nSPS) is 11.7.